The molecule has 2 aromatic carbocycles. The van der Waals surface area contributed by atoms with E-state index in [0.717, 1.165) is 5.56 Å². The van der Waals surface area contributed by atoms with Crippen LogP contribution < -0.4 is 9.47 Å². The highest BCUT2D eigenvalue weighted by Crippen LogP contribution is 2.25. The summed E-state index contributed by atoms with van der Waals surface area (Å²) in [7, 11) is 1.52. The average molecular weight is 336 g/mol. The van der Waals surface area contributed by atoms with Crippen LogP contribution in [0, 0.1) is 17.1 Å². The van der Waals surface area contributed by atoms with E-state index in [1.165, 1.54) is 19.2 Å². The Hall–Kier alpha value is -2.06. The number of methoxy groups -OCH3 is 1. The van der Waals surface area contributed by atoms with Crippen molar-refractivity contribution in [2.75, 3.05) is 7.11 Å². The molecule has 0 amide bonds. The maximum absolute atomic E-state index is 13.0. The van der Waals surface area contributed by atoms with Crippen molar-refractivity contribution >= 4 is 15.9 Å². The van der Waals surface area contributed by atoms with Crippen LogP contribution in [-0.4, -0.2) is 7.11 Å². The van der Waals surface area contributed by atoms with E-state index >= 15 is 0 Å². The standard InChI is InChI=1S/C15H11BrFNO2/c1-19-13-4-10(8-18)5-14(7-13)20-9-11-2-3-12(17)6-15(11)16/h2-7H,9H2,1H3. The summed E-state index contributed by atoms with van der Waals surface area (Å²) in [4.78, 5) is 0. The van der Waals surface area contributed by atoms with Crippen molar-refractivity contribution < 1.29 is 13.9 Å². The number of halogens is 2. The monoisotopic (exact) mass is 335 g/mol. The molecule has 0 aliphatic rings. The Bertz CT molecular complexity index is 667. The van der Waals surface area contributed by atoms with E-state index < -0.39 is 0 Å². The number of hydrogen-bond donors (Lipinski definition) is 0. The fraction of sp³-hybridized carbons (Fsp3) is 0.133. The lowest BCUT2D eigenvalue weighted by Gasteiger charge is -2.10. The molecule has 5 heteroatoms. The van der Waals surface area contributed by atoms with Gasteiger partial charge in [0, 0.05) is 16.1 Å². The Kier molecular flexibility index (Phi) is 4.59. The minimum Gasteiger partial charge on any atom is -0.497 e. The molecule has 0 N–H and O–H groups in total. The van der Waals surface area contributed by atoms with Crippen LogP contribution in [0.3, 0.4) is 0 Å². The quantitative estimate of drug-likeness (QED) is 0.846. The molecule has 0 atom stereocenters. The first-order chi connectivity index (χ1) is 9.62. The first-order valence-electron chi connectivity index (χ1n) is 5.78. The highest BCUT2D eigenvalue weighted by molar-refractivity contribution is 9.10. The Morgan fingerprint density at radius 3 is 2.60 bits per heavy atom. The zero-order valence-electron chi connectivity index (χ0n) is 10.7. The summed E-state index contributed by atoms with van der Waals surface area (Å²) in [6.07, 6.45) is 0. The molecule has 0 bridgehead atoms. The lowest BCUT2D eigenvalue weighted by atomic mass is 10.2. The first kappa shape index (κ1) is 14.4. The molecule has 2 rings (SSSR count). The van der Waals surface area contributed by atoms with Crippen LogP contribution in [0.1, 0.15) is 11.1 Å². The summed E-state index contributed by atoms with van der Waals surface area (Å²) >= 11 is 3.28. The summed E-state index contributed by atoms with van der Waals surface area (Å²) < 4.78 is 24.3. The van der Waals surface area contributed by atoms with Gasteiger partial charge in [-0.3, -0.25) is 0 Å². The predicted octanol–water partition coefficient (Wildman–Crippen LogP) is 4.05. The number of hydrogen-bond acceptors (Lipinski definition) is 3. The Morgan fingerprint density at radius 2 is 1.95 bits per heavy atom. The Labute approximate surface area is 124 Å². The van der Waals surface area contributed by atoms with Gasteiger partial charge in [0.15, 0.2) is 0 Å². The second-order valence-corrected chi connectivity index (χ2v) is 4.89. The van der Waals surface area contributed by atoms with Crippen LogP contribution in [0.25, 0.3) is 0 Å². The van der Waals surface area contributed by atoms with Crippen molar-refractivity contribution in [3.8, 4) is 17.6 Å². The molecule has 20 heavy (non-hydrogen) atoms. The molecule has 0 saturated heterocycles. The van der Waals surface area contributed by atoms with Gasteiger partial charge in [0.2, 0.25) is 0 Å². The average Bonchev–Trinajstić information content (AvgIpc) is 2.46. The van der Waals surface area contributed by atoms with E-state index in [9.17, 15) is 4.39 Å². The third kappa shape index (κ3) is 3.49. The van der Waals surface area contributed by atoms with E-state index in [0.29, 0.717) is 21.5 Å². The predicted molar refractivity (Wildman–Crippen MR) is 76.1 cm³/mol. The molecule has 0 aliphatic heterocycles. The van der Waals surface area contributed by atoms with Gasteiger partial charge in [0.05, 0.1) is 18.7 Å². The van der Waals surface area contributed by atoms with Gasteiger partial charge in [-0.15, -0.1) is 0 Å². The Morgan fingerprint density at radius 1 is 1.20 bits per heavy atom. The van der Waals surface area contributed by atoms with E-state index in [2.05, 4.69) is 15.9 Å². The highest BCUT2D eigenvalue weighted by Gasteiger charge is 2.05. The molecule has 0 aliphatic carbocycles. The minimum absolute atomic E-state index is 0.263. The molecule has 0 heterocycles. The molecular formula is C15H11BrFNO2. The molecule has 102 valence electrons. The van der Waals surface area contributed by atoms with E-state index in [4.69, 9.17) is 14.7 Å². The topological polar surface area (TPSA) is 42.2 Å². The SMILES string of the molecule is COc1cc(C#N)cc(OCc2ccc(F)cc2Br)c1. The number of nitrogens with zero attached hydrogens (tertiary/aromatic N) is 1. The van der Waals surface area contributed by atoms with Crippen LogP contribution in [0.4, 0.5) is 4.39 Å². The maximum Gasteiger partial charge on any atom is 0.124 e. The van der Waals surface area contributed by atoms with E-state index in [1.54, 1.807) is 24.3 Å². The second kappa shape index (κ2) is 6.40. The lowest BCUT2D eigenvalue weighted by Crippen LogP contribution is -1.98. The molecule has 0 unspecified atom stereocenters. The van der Waals surface area contributed by atoms with Gasteiger partial charge < -0.3 is 9.47 Å². The largest absolute Gasteiger partial charge is 0.497 e. The van der Waals surface area contributed by atoms with E-state index in [1.807, 2.05) is 6.07 Å². The van der Waals surface area contributed by atoms with Gasteiger partial charge in [-0.2, -0.15) is 5.26 Å². The summed E-state index contributed by atoms with van der Waals surface area (Å²) in [5.74, 6) is 0.767. The molecule has 2 aromatic rings. The van der Waals surface area contributed by atoms with Crippen molar-refractivity contribution in [1.82, 2.24) is 0 Å². The van der Waals surface area contributed by atoms with Crippen molar-refractivity contribution in [2.45, 2.75) is 6.61 Å². The van der Waals surface area contributed by atoms with Gasteiger partial charge >= 0.3 is 0 Å². The van der Waals surface area contributed by atoms with Crippen LogP contribution >= 0.6 is 15.9 Å². The van der Waals surface area contributed by atoms with Gasteiger partial charge in [0.25, 0.3) is 0 Å². The molecule has 0 fully saturated rings. The lowest BCUT2D eigenvalue weighted by molar-refractivity contribution is 0.302. The number of rotatable bonds is 4. The summed E-state index contributed by atoms with van der Waals surface area (Å²) in [6, 6.07) is 11.4. The van der Waals surface area contributed by atoms with Crippen molar-refractivity contribution in [3.63, 3.8) is 0 Å². The van der Waals surface area contributed by atoms with Crippen molar-refractivity contribution in [3.05, 3.63) is 57.8 Å². The number of benzene rings is 2. The number of ether oxygens (including phenoxy) is 2. The highest BCUT2D eigenvalue weighted by atomic mass is 79.9. The van der Waals surface area contributed by atoms with Gasteiger partial charge in [-0.05, 0) is 24.3 Å². The first-order valence-corrected chi connectivity index (χ1v) is 6.57. The molecule has 0 saturated carbocycles. The van der Waals surface area contributed by atoms with Crippen LogP contribution in [0.15, 0.2) is 40.9 Å². The third-order valence-electron chi connectivity index (χ3n) is 2.65. The van der Waals surface area contributed by atoms with Gasteiger partial charge in [-0.1, -0.05) is 22.0 Å². The molecule has 0 radical (unpaired) electrons. The van der Waals surface area contributed by atoms with Crippen LogP contribution in [0.5, 0.6) is 11.5 Å². The van der Waals surface area contributed by atoms with Gasteiger partial charge in [-0.25, -0.2) is 4.39 Å². The van der Waals surface area contributed by atoms with Crippen LogP contribution in [0.2, 0.25) is 0 Å². The smallest absolute Gasteiger partial charge is 0.124 e. The summed E-state index contributed by atoms with van der Waals surface area (Å²) in [5, 5.41) is 8.93. The fourth-order valence-corrected chi connectivity index (χ4v) is 2.10. The summed E-state index contributed by atoms with van der Waals surface area (Å²) in [6.45, 7) is 0.263. The third-order valence-corrected chi connectivity index (χ3v) is 3.39. The molecule has 0 aromatic heterocycles. The molecule has 3 nitrogen and oxygen atoms in total. The Balaban J connectivity index is 2.16. The van der Waals surface area contributed by atoms with Crippen molar-refractivity contribution in [2.24, 2.45) is 0 Å². The maximum atomic E-state index is 13.0. The van der Waals surface area contributed by atoms with Crippen LogP contribution in [-0.2, 0) is 6.61 Å². The molecular weight excluding hydrogens is 325 g/mol. The van der Waals surface area contributed by atoms with Crippen molar-refractivity contribution in [1.29, 1.82) is 5.26 Å². The number of nitriles is 1. The zero-order valence-corrected chi connectivity index (χ0v) is 12.3. The molecule has 0 spiro atoms. The van der Waals surface area contributed by atoms with E-state index in [-0.39, 0.29) is 12.4 Å². The van der Waals surface area contributed by atoms with Gasteiger partial charge in [0.1, 0.15) is 23.9 Å². The normalized spacial score (nSPS) is 9.90. The zero-order chi connectivity index (χ0) is 14.5. The second-order valence-electron chi connectivity index (χ2n) is 4.03. The minimum atomic E-state index is -0.311. The fourth-order valence-electron chi connectivity index (χ4n) is 1.64. The summed E-state index contributed by atoms with van der Waals surface area (Å²) in [5.41, 5.74) is 1.27.